The Balaban J connectivity index is 1.27. The van der Waals surface area contributed by atoms with Crippen LogP contribution in [0.2, 0.25) is 0 Å². The molecule has 3 aromatic rings. The molecular formula is C26H27F3N4O. The van der Waals surface area contributed by atoms with Crippen LogP contribution in [0.3, 0.4) is 0 Å². The molecule has 0 unspecified atom stereocenters. The number of amides is 1. The molecule has 0 radical (unpaired) electrons. The summed E-state index contributed by atoms with van der Waals surface area (Å²) in [6.07, 6.45) is 0.976. The van der Waals surface area contributed by atoms with Crippen LogP contribution in [0, 0.1) is 0 Å². The molecule has 1 amide bonds. The Morgan fingerprint density at radius 3 is 2.47 bits per heavy atom. The van der Waals surface area contributed by atoms with Crippen molar-refractivity contribution in [2.45, 2.75) is 31.5 Å². The lowest BCUT2D eigenvalue weighted by Crippen LogP contribution is -2.43. The van der Waals surface area contributed by atoms with Crippen LogP contribution < -0.4 is 15.5 Å². The topological polar surface area (TPSA) is 57.3 Å². The maximum Gasteiger partial charge on any atom is 0.416 e. The Hall–Kier alpha value is -3.39. The smallest absolute Gasteiger partial charge is 0.371 e. The van der Waals surface area contributed by atoms with Crippen LogP contribution in [-0.4, -0.2) is 36.6 Å². The van der Waals surface area contributed by atoms with E-state index in [2.05, 4.69) is 20.5 Å². The van der Waals surface area contributed by atoms with Crippen LogP contribution in [-0.2, 0) is 12.6 Å². The highest BCUT2D eigenvalue weighted by Gasteiger charge is 2.32. The summed E-state index contributed by atoms with van der Waals surface area (Å²) in [5, 5.41) is 6.34. The largest absolute Gasteiger partial charge is 0.416 e. The zero-order valence-corrected chi connectivity index (χ0v) is 18.7. The molecule has 2 heterocycles. The van der Waals surface area contributed by atoms with Gasteiger partial charge >= 0.3 is 6.18 Å². The summed E-state index contributed by atoms with van der Waals surface area (Å²) >= 11 is 0. The molecule has 4 rings (SSSR count). The number of hydrogen-bond donors (Lipinski definition) is 2. The van der Waals surface area contributed by atoms with Crippen molar-refractivity contribution in [3.8, 4) is 0 Å². The van der Waals surface area contributed by atoms with Gasteiger partial charge in [-0.3, -0.25) is 9.78 Å². The first kappa shape index (κ1) is 23.8. The van der Waals surface area contributed by atoms with Crippen LogP contribution in [0.4, 0.5) is 24.5 Å². The summed E-state index contributed by atoms with van der Waals surface area (Å²) in [7, 11) is 0. The Morgan fingerprint density at radius 1 is 1.00 bits per heavy atom. The molecule has 0 spiro atoms. The number of anilines is 2. The summed E-state index contributed by atoms with van der Waals surface area (Å²) in [6, 6.07) is 17.1. The van der Waals surface area contributed by atoms with Crippen molar-refractivity contribution in [3.63, 3.8) is 0 Å². The number of hydrogen-bond acceptors (Lipinski definition) is 4. The van der Waals surface area contributed by atoms with Gasteiger partial charge < -0.3 is 15.5 Å². The summed E-state index contributed by atoms with van der Waals surface area (Å²) in [5.74, 6) is -0.186. The van der Waals surface area contributed by atoms with E-state index in [-0.39, 0.29) is 11.9 Å². The monoisotopic (exact) mass is 468 g/mol. The van der Waals surface area contributed by atoms with Crippen molar-refractivity contribution < 1.29 is 18.0 Å². The van der Waals surface area contributed by atoms with E-state index in [0.717, 1.165) is 43.4 Å². The lowest BCUT2D eigenvalue weighted by molar-refractivity contribution is -0.138. The van der Waals surface area contributed by atoms with E-state index in [1.807, 2.05) is 24.3 Å². The molecule has 0 saturated carbocycles. The second-order valence-corrected chi connectivity index (χ2v) is 8.36. The number of carbonyl (C=O) groups is 1. The van der Waals surface area contributed by atoms with E-state index in [1.54, 1.807) is 36.7 Å². The van der Waals surface area contributed by atoms with Gasteiger partial charge in [-0.2, -0.15) is 13.2 Å². The van der Waals surface area contributed by atoms with E-state index in [4.69, 9.17) is 0 Å². The number of alkyl halides is 3. The molecule has 0 aliphatic carbocycles. The standard InChI is InChI=1S/C26H27F3N4O/c27-26(28,29)24-7-2-1-4-19(24)10-15-31-21-11-16-33(17-12-21)23-6-3-5-22(18-23)32-25(34)20-8-13-30-14-9-20/h1-9,13-14,18,21,31H,10-12,15-17H2,(H,32,34). The number of aromatic nitrogens is 1. The van der Waals surface area contributed by atoms with E-state index >= 15 is 0 Å². The first-order valence-electron chi connectivity index (χ1n) is 11.3. The molecule has 1 fully saturated rings. The fourth-order valence-corrected chi connectivity index (χ4v) is 4.25. The molecule has 1 aliphatic rings. The molecule has 5 nitrogen and oxygen atoms in total. The number of halogens is 3. The third kappa shape index (κ3) is 6.14. The Morgan fingerprint density at radius 2 is 1.74 bits per heavy atom. The molecule has 1 aliphatic heterocycles. The third-order valence-corrected chi connectivity index (χ3v) is 6.06. The number of pyridine rings is 1. The van der Waals surface area contributed by atoms with E-state index in [1.165, 1.54) is 6.07 Å². The van der Waals surface area contributed by atoms with Crippen LogP contribution in [0.15, 0.2) is 73.1 Å². The highest BCUT2D eigenvalue weighted by Crippen LogP contribution is 2.32. The second kappa shape index (κ2) is 10.7. The normalized spacial score (nSPS) is 14.7. The average molecular weight is 469 g/mol. The lowest BCUT2D eigenvalue weighted by atomic mass is 10.0. The van der Waals surface area contributed by atoms with Gasteiger partial charge in [0, 0.05) is 48.5 Å². The quantitative estimate of drug-likeness (QED) is 0.503. The molecule has 178 valence electrons. The van der Waals surface area contributed by atoms with Gasteiger partial charge in [0.2, 0.25) is 0 Å². The van der Waals surface area contributed by atoms with Gasteiger partial charge in [-0.15, -0.1) is 0 Å². The first-order valence-corrected chi connectivity index (χ1v) is 11.3. The average Bonchev–Trinajstić information content (AvgIpc) is 2.85. The zero-order valence-electron chi connectivity index (χ0n) is 18.7. The molecule has 8 heteroatoms. The molecule has 0 atom stereocenters. The SMILES string of the molecule is O=C(Nc1cccc(N2CCC(NCCc3ccccc3C(F)(F)F)CC2)c1)c1ccncc1. The fraction of sp³-hybridized carbons (Fsp3) is 0.308. The Kier molecular flexibility index (Phi) is 7.47. The van der Waals surface area contributed by atoms with Gasteiger partial charge in [0.1, 0.15) is 0 Å². The minimum Gasteiger partial charge on any atom is -0.371 e. The number of nitrogens with one attached hydrogen (secondary N) is 2. The van der Waals surface area contributed by atoms with Crippen molar-refractivity contribution in [1.29, 1.82) is 0 Å². The fourth-order valence-electron chi connectivity index (χ4n) is 4.25. The van der Waals surface area contributed by atoms with Gasteiger partial charge in [-0.25, -0.2) is 0 Å². The van der Waals surface area contributed by atoms with Crippen molar-refractivity contribution in [2.75, 3.05) is 29.9 Å². The van der Waals surface area contributed by atoms with Crippen molar-refractivity contribution in [1.82, 2.24) is 10.3 Å². The summed E-state index contributed by atoms with van der Waals surface area (Å²) in [4.78, 5) is 18.6. The molecule has 34 heavy (non-hydrogen) atoms. The molecule has 0 bridgehead atoms. The molecular weight excluding hydrogens is 441 g/mol. The van der Waals surface area contributed by atoms with Gasteiger partial charge in [-0.05, 0) is 67.8 Å². The number of carbonyl (C=O) groups excluding carboxylic acids is 1. The van der Waals surface area contributed by atoms with Crippen LogP contribution >= 0.6 is 0 Å². The molecule has 2 aromatic carbocycles. The number of rotatable bonds is 7. The van der Waals surface area contributed by atoms with Crippen molar-refractivity contribution in [3.05, 3.63) is 89.7 Å². The van der Waals surface area contributed by atoms with Gasteiger partial charge in [0.25, 0.3) is 5.91 Å². The maximum absolute atomic E-state index is 13.2. The minimum absolute atomic E-state index is 0.186. The number of piperidine rings is 1. The van der Waals surface area contributed by atoms with Crippen molar-refractivity contribution in [2.24, 2.45) is 0 Å². The Labute approximate surface area is 197 Å². The van der Waals surface area contributed by atoms with Crippen LogP contribution in [0.25, 0.3) is 0 Å². The summed E-state index contributed by atoms with van der Waals surface area (Å²) < 4.78 is 39.5. The predicted molar refractivity (Wildman–Crippen MR) is 127 cm³/mol. The maximum atomic E-state index is 13.2. The predicted octanol–water partition coefficient (Wildman–Crippen LogP) is 5.15. The summed E-state index contributed by atoms with van der Waals surface area (Å²) in [5.41, 5.74) is 2.08. The third-order valence-electron chi connectivity index (χ3n) is 6.06. The first-order chi connectivity index (χ1) is 16.4. The molecule has 1 saturated heterocycles. The number of nitrogens with zero attached hydrogens (tertiary/aromatic N) is 2. The van der Waals surface area contributed by atoms with Gasteiger partial charge in [0.15, 0.2) is 0 Å². The molecule has 1 aromatic heterocycles. The van der Waals surface area contributed by atoms with Gasteiger partial charge in [0.05, 0.1) is 5.56 Å². The molecule has 2 N–H and O–H groups in total. The number of benzene rings is 2. The van der Waals surface area contributed by atoms with Crippen LogP contribution in [0.1, 0.15) is 34.3 Å². The summed E-state index contributed by atoms with van der Waals surface area (Å²) in [6.45, 7) is 2.17. The highest BCUT2D eigenvalue weighted by atomic mass is 19.4. The Bertz CT molecular complexity index is 1100. The zero-order chi connectivity index (χ0) is 24.0. The highest BCUT2D eigenvalue weighted by molar-refractivity contribution is 6.04. The van der Waals surface area contributed by atoms with E-state index in [0.29, 0.717) is 24.1 Å². The minimum atomic E-state index is -4.33. The lowest BCUT2D eigenvalue weighted by Gasteiger charge is -2.34. The van der Waals surface area contributed by atoms with Gasteiger partial charge in [-0.1, -0.05) is 24.3 Å². The van der Waals surface area contributed by atoms with E-state index in [9.17, 15) is 18.0 Å². The van der Waals surface area contributed by atoms with Crippen LogP contribution in [0.5, 0.6) is 0 Å². The second-order valence-electron chi connectivity index (χ2n) is 8.36. The van der Waals surface area contributed by atoms with Crippen molar-refractivity contribution >= 4 is 17.3 Å². The van der Waals surface area contributed by atoms with E-state index < -0.39 is 11.7 Å².